The number of amides is 1. The third-order valence-corrected chi connectivity index (χ3v) is 4.06. The van der Waals surface area contributed by atoms with Crippen LogP contribution < -0.4 is 5.32 Å². The summed E-state index contributed by atoms with van der Waals surface area (Å²) in [5.41, 5.74) is 2.08. The zero-order valence-electron chi connectivity index (χ0n) is 11.7. The van der Waals surface area contributed by atoms with E-state index in [1.165, 1.54) is 0 Å². The maximum Gasteiger partial charge on any atom is 0.253 e. The summed E-state index contributed by atoms with van der Waals surface area (Å²) in [7, 11) is 0. The first-order valence-corrected chi connectivity index (χ1v) is 7.50. The minimum absolute atomic E-state index is 0.187. The summed E-state index contributed by atoms with van der Waals surface area (Å²) in [6.07, 6.45) is 1.69. The smallest absolute Gasteiger partial charge is 0.253 e. The fourth-order valence-electron chi connectivity index (χ4n) is 2.36. The largest absolute Gasteiger partial charge is 0.345 e. The number of carbonyl (C=O) groups is 1. The molecule has 1 heterocycles. The van der Waals surface area contributed by atoms with Gasteiger partial charge in [0.2, 0.25) is 0 Å². The van der Waals surface area contributed by atoms with E-state index in [0.717, 1.165) is 16.5 Å². The quantitative estimate of drug-likeness (QED) is 0.748. The molecule has 4 nitrogen and oxygen atoms in total. The Morgan fingerprint density at radius 3 is 2.86 bits per heavy atom. The van der Waals surface area contributed by atoms with E-state index in [2.05, 4.69) is 15.5 Å². The topological polar surface area (TPSA) is 57.8 Å². The molecule has 3 aromatic rings. The highest BCUT2D eigenvalue weighted by atomic mass is 35.5. The van der Waals surface area contributed by atoms with Crippen molar-refractivity contribution in [1.29, 1.82) is 0 Å². The maximum atomic E-state index is 12.5. The lowest BCUT2D eigenvalue weighted by atomic mass is 10.1. The molecule has 0 bridgehead atoms. The van der Waals surface area contributed by atoms with Gasteiger partial charge in [0, 0.05) is 15.4 Å². The zero-order valence-corrected chi connectivity index (χ0v) is 13.2. The van der Waals surface area contributed by atoms with Crippen molar-refractivity contribution in [1.82, 2.24) is 15.5 Å². The first kappa shape index (κ1) is 14.9. The van der Waals surface area contributed by atoms with Gasteiger partial charge >= 0.3 is 0 Å². The summed E-state index contributed by atoms with van der Waals surface area (Å²) < 4.78 is 0. The molecular formula is C16H13Cl2N3O. The van der Waals surface area contributed by atoms with Crippen molar-refractivity contribution in [2.75, 3.05) is 0 Å². The molecule has 22 heavy (non-hydrogen) atoms. The van der Waals surface area contributed by atoms with Gasteiger partial charge in [-0.1, -0.05) is 41.4 Å². The van der Waals surface area contributed by atoms with Crippen LogP contribution >= 0.6 is 23.2 Å². The summed E-state index contributed by atoms with van der Waals surface area (Å²) in [6, 6.07) is 10.5. The number of aromatic nitrogens is 2. The molecule has 1 aromatic heterocycles. The first-order chi connectivity index (χ1) is 10.6. The molecule has 0 saturated carbocycles. The van der Waals surface area contributed by atoms with Crippen molar-refractivity contribution in [3.05, 3.63) is 63.8 Å². The molecule has 0 spiro atoms. The molecule has 2 N–H and O–H groups in total. The Labute approximate surface area is 137 Å². The van der Waals surface area contributed by atoms with Gasteiger partial charge < -0.3 is 5.32 Å². The maximum absolute atomic E-state index is 12.5. The SMILES string of the molecule is CC(NC(=O)c1cccc2cn[nH]c12)c1ccc(Cl)cc1Cl. The summed E-state index contributed by atoms with van der Waals surface area (Å²) >= 11 is 12.1. The van der Waals surface area contributed by atoms with Gasteiger partial charge in [0.05, 0.1) is 23.3 Å². The van der Waals surface area contributed by atoms with Crippen LogP contribution in [0.15, 0.2) is 42.6 Å². The number of hydrogen-bond donors (Lipinski definition) is 2. The molecular weight excluding hydrogens is 321 g/mol. The molecule has 0 saturated heterocycles. The predicted octanol–water partition coefficient (Wildman–Crippen LogP) is 4.36. The average Bonchev–Trinajstić information content (AvgIpc) is 2.95. The highest BCUT2D eigenvalue weighted by molar-refractivity contribution is 6.35. The average molecular weight is 334 g/mol. The van der Waals surface area contributed by atoms with Crippen molar-refractivity contribution < 1.29 is 4.79 Å². The normalized spacial score (nSPS) is 12.3. The summed E-state index contributed by atoms with van der Waals surface area (Å²) in [5, 5.41) is 11.7. The number of nitrogens with one attached hydrogen (secondary N) is 2. The number of halogens is 2. The van der Waals surface area contributed by atoms with Gasteiger partial charge in [-0.25, -0.2) is 0 Å². The van der Waals surface area contributed by atoms with Crippen molar-refractivity contribution >= 4 is 40.0 Å². The molecule has 1 amide bonds. The first-order valence-electron chi connectivity index (χ1n) is 6.74. The van der Waals surface area contributed by atoms with E-state index in [9.17, 15) is 4.79 Å². The number of rotatable bonds is 3. The van der Waals surface area contributed by atoms with Crippen LogP contribution in [-0.2, 0) is 0 Å². The molecule has 0 aliphatic rings. The molecule has 1 atom stereocenters. The molecule has 0 fully saturated rings. The van der Waals surface area contributed by atoms with E-state index < -0.39 is 0 Å². The number of aromatic amines is 1. The lowest BCUT2D eigenvalue weighted by molar-refractivity contribution is 0.0941. The molecule has 1 unspecified atom stereocenters. The van der Waals surface area contributed by atoms with Gasteiger partial charge in [-0.15, -0.1) is 0 Å². The van der Waals surface area contributed by atoms with Gasteiger partial charge in [0.25, 0.3) is 5.91 Å². The van der Waals surface area contributed by atoms with E-state index in [1.54, 1.807) is 24.4 Å². The fraction of sp³-hybridized carbons (Fsp3) is 0.125. The molecule has 6 heteroatoms. The second-order valence-corrected chi connectivity index (χ2v) is 5.84. The van der Waals surface area contributed by atoms with Gasteiger partial charge in [-0.3, -0.25) is 9.89 Å². The Morgan fingerprint density at radius 1 is 1.27 bits per heavy atom. The third kappa shape index (κ3) is 2.80. The van der Waals surface area contributed by atoms with E-state index in [-0.39, 0.29) is 11.9 Å². The highest BCUT2D eigenvalue weighted by Gasteiger charge is 2.16. The third-order valence-electron chi connectivity index (χ3n) is 3.50. The van der Waals surface area contributed by atoms with Crippen molar-refractivity contribution in [3.63, 3.8) is 0 Å². The number of nitrogens with zero attached hydrogens (tertiary/aromatic N) is 1. The second kappa shape index (κ2) is 5.99. The summed E-state index contributed by atoms with van der Waals surface area (Å²) in [5.74, 6) is -0.187. The highest BCUT2D eigenvalue weighted by Crippen LogP contribution is 2.26. The Bertz CT molecular complexity index is 844. The standard InChI is InChI=1S/C16H13Cl2N3O/c1-9(12-6-5-11(17)7-14(12)18)20-16(22)13-4-2-3-10-8-19-21-15(10)13/h2-9H,1H3,(H,19,21)(H,20,22). The van der Waals surface area contributed by atoms with Crippen LogP contribution in [0.25, 0.3) is 10.9 Å². The van der Waals surface area contributed by atoms with Crippen LogP contribution in [0, 0.1) is 0 Å². The van der Waals surface area contributed by atoms with Gasteiger partial charge in [0.1, 0.15) is 0 Å². The number of carbonyl (C=O) groups excluding carboxylic acids is 1. The molecule has 0 radical (unpaired) electrons. The minimum atomic E-state index is -0.240. The Morgan fingerprint density at radius 2 is 2.09 bits per heavy atom. The molecule has 112 valence electrons. The molecule has 2 aromatic carbocycles. The van der Waals surface area contributed by atoms with Gasteiger partial charge in [-0.2, -0.15) is 5.10 Å². The predicted molar refractivity (Wildman–Crippen MR) is 88.4 cm³/mol. The van der Waals surface area contributed by atoms with Crippen LogP contribution in [0.3, 0.4) is 0 Å². The fourth-order valence-corrected chi connectivity index (χ4v) is 2.94. The number of benzene rings is 2. The van der Waals surface area contributed by atoms with Crippen LogP contribution in [0.4, 0.5) is 0 Å². The van der Waals surface area contributed by atoms with Crippen LogP contribution in [0.5, 0.6) is 0 Å². The lowest BCUT2D eigenvalue weighted by Gasteiger charge is -2.16. The summed E-state index contributed by atoms with van der Waals surface area (Å²) in [4.78, 5) is 12.5. The minimum Gasteiger partial charge on any atom is -0.345 e. The second-order valence-electron chi connectivity index (χ2n) is 5.00. The monoisotopic (exact) mass is 333 g/mol. The van der Waals surface area contributed by atoms with E-state index in [0.29, 0.717) is 15.6 Å². The van der Waals surface area contributed by atoms with E-state index in [1.807, 2.05) is 25.1 Å². The lowest BCUT2D eigenvalue weighted by Crippen LogP contribution is -2.27. The van der Waals surface area contributed by atoms with Crippen LogP contribution in [0.1, 0.15) is 28.9 Å². The Hall–Kier alpha value is -2.04. The Kier molecular flexibility index (Phi) is 4.05. The van der Waals surface area contributed by atoms with Crippen molar-refractivity contribution in [3.8, 4) is 0 Å². The number of hydrogen-bond acceptors (Lipinski definition) is 2. The number of fused-ring (bicyclic) bond motifs is 1. The zero-order chi connectivity index (χ0) is 15.7. The van der Waals surface area contributed by atoms with Crippen molar-refractivity contribution in [2.45, 2.75) is 13.0 Å². The Balaban J connectivity index is 1.86. The summed E-state index contributed by atoms with van der Waals surface area (Å²) in [6.45, 7) is 1.88. The van der Waals surface area contributed by atoms with Gasteiger partial charge in [0.15, 0.2) is 0 Å². The van der Waals surface area contributed by atoms with Gasteiger partial charge in [-0.05, 0) is 30.7 Å². The van der Waals surface area contributed by atoms with Crippen LogP contribution in [0.2, 0.25) is 10.0 Å². The molecule has 3 rings (SSSR count). The number of para-hydroxylation sites is 1. The molecule has 0 aliphatic carbocycles. The molecule has 0 aliphatic heterocycles. The van der Waals surface area contributed by atoms with E-state index >= 15 is 0 Å². The van der Waals surface area contributed by atoms with E-state index in [4.69, 9.17) is 23.2 Å². The van der Waals surface area contributed by atoms with Crippen molar-refractivity contribution in [2.24, 2.45) is 0 Å². The van der Waals surface area contributed by atoms with Crippen LogP contribution in [-0.4, -0.2) is 16.1 Å². The number of H-pyrrole nitrogens is 1.